The molecule has 40 heavy (non-hydrogen) atoms. The molecule has 0 aromatic carbocycles. The number of rotatable bonds is 10. The van der Waals surface area contributed by atoms with Gasteiger partial charge in [0, 0.05) is 41.0 Å². The highest BCUT2D eigenvalue weighted by Gasteiger charge is 2.19. The van der Waals surface area contributed by atoms with Crippen LogP contribution in [0.2, 0.25) is 0 Å². The van der Waals surface area contributed by atoms with Crippen molar-refractivity contribution < 1.29 is 0 Å². The minimum Gasteiger partial charge on any atom is -0.344 e. The fourth-order valence-corrected chi connectivity index (χ4v) is 4.27. The van der Waals surface area contributed by atoms with Crippen LogP contribution in [-0.2, 0) is 7.05 Å². The van der Waals surface area contributed by atoms with Gasteiger partial charge >= 0.3 is 0 Å². The Kier molecular flexibility index (Phi) is 25.1. The van der Waals surface area contributed by atoms with Crippen LogP contribution in [0.5, 0.6) is 0 Å². The fraction of sp³-hybridized carbons (Fsp3) is 0.368. The van der Waals surface area contributed by atoms with Gasteiger partial charge in [-0.05, 0) is 75.1 Å². The van der Waals surface area contributed by atoms with Crippen LogP contribution >= 0.6 is 0 Å². The zero-order chi connectivity index (χ0) is 31.8. The first-order chi connectivity index (χ1) is 19.4. The highest BCUT2D eigenvalue weighted by atomic mass is 15.0. The number of aromatic nitrogens is 2. The standard InChI is InChI=1S/C30H38N2.3C2H6.C2H4/c1-10-16-19-28-23(8)26(27(15-6)31(28)9)21-24(13-4)32-29(20-17-11-2)22(7)25(14-5)30(32)18-12-3;4*1-2/h10,12,14-21H,1,5-6,11,13H2,2-4,7-9H3;3*1-2H3;1-2H2/b18-12-,19-16-,20-17-,24-21+;;;;. The molecule has 2 nitrogen and oxygen atoms in total. The Morgan fingerprint density at radius 3 is 1.70 bits per heavy atom. The van der Waals surface area contributed by atoms with E-state index in [1.165, 1.54) is 39.3 Å². The first-order valence-corrected chi connectivity index (χ1v) is 14.9. The van der Waals surface area contributed by atoms with Crippen molar-refractivity contribution in [1.82, 2.24) is 9.13 Å². The van der Waals surface area contributed by atoms with Crippen LogP contribution in [0, 0.1) is 13.8 Å². The molecule has 0 spiro atoms. The summed E-state index contributed by atoms with van der Waals surface area (Å²) >= 11 is 0. The van der Waals surface area contributed by atoms with E-state index in [9.17, 15) is 0 Å². The lowest BCUT2D eigenvalue weighted by molar-refractivity contribution is 0.898. The Morgan fingerprint density at radius 2 is 1.27 bits per heavy atom. The summed E-state index contributed by atoms with van der Waals surface area (Å²) in [6, 6.07) is 0. The monoisotopic (exact) mass is 544 g/mol. The summed E-state index contributed by atoms with van der Waals surface area (Å²) in [6.45, 7) is 40.8. The van der Waals surface area contributed by atoms with Crippen molar-refractivity contribution in [2.45, 2.75) is 89.0 Å². The van der Waals surface area contributed by atoms with Gasteiger partial charge in [-0.25, -0.2) is 0 Å². The summed E-state index contributed by atoms with van der Waals surface area (Å²) in [6.07, 6.45) is 22.8. The average molecular weight is 545 g/mol. The second kappa shape index (κ2) is 24.5. The van der Waals surface area contributed by atoms with Gasteiger partial charge in [0.2, 0.25) is 0 Å². The predicted octanol–water partition coefficient (Wildman–Crippen LogP) is 12.7. The van der Waals surface area contributed by atoms with Crippen molar-refractivity contribution in [3.8, 4) is 0 Å². The van der Waals surface area contributed by atoms with Crippen molar-refractivity contribution >= 4 is 42.2 Å². The minimum atomic E-state index is 0.894. The second-order valence-corrected chi connectivity index (χ2v) is 7.82. The third-order valence-corrected chi connectivity index (χ3v) is 5.92. The molecule has 2 heterocycles. The van der Waals surface area contributed by atoms with Crippen LogP contribution in [0.15, 0.2) is 57.2 Å². The quantitative estimate of drug-likeness (QED) is 0.208. The Balaban J connectivity index is -0.00000157. The van der Waals surface area contributed by atoms with E-state index in [4.69, 9.17) is 0 Å². The van der Waals surface area contributed by atoms with Crippen LogP contribution in [0.4, 0.5) is 0 Å². The smallest absolute Gasteiger partial charge is 0.0530 e. The molecule has 0 bridgehead atoms. The molecule has 0 saturated heterocycles. The first kappa shape index (κ1) is 41.0. The second-order valence-electron chi connectivity index (χ2n) is 7.82. The zero-order valence-electron chi connectivity index (χ0n) is 28.1. The van der Waals surface area contributed by atoms with Gasteiger partial charge in [-0.1, -0.05) is 106 Å². The molecule has 0 unspecified atom stereocenters. The summed E-state index contributed by atoms with van der Waals surface area (Å²) in [4.78, 5) is 0. The van der Waals surface area contributed by atoms with Crippen LogP contribution in [-0.4, -0.2) is 9.13 Å². The van der Waals surface area contributed by atoms with Gasteiger partial charge in [0.25, 0.3) is 0 Å². The Hall–Kier alpha value is -3.52. The van der Waals surface area contributed by atoms with Crippen LogP contribution in [0.1, 0.15) is 120 Å². The maximum Gasteiger partial charge on any atom is 0.0530 e. The molecule has 0 N–H and O–H groups in total. The van der Waals surface area contributed by atoms with E-state index in [2.05, 4.69) is 120 Å². The number of hydrogen-bond acceptors (Lipinski definition) is 0. The lowest BCUT2D eigenvalue weighted by Gasteiger charge is -2.15. The molecule has 2 heteroatoms. The van der Waals surface area contributed by atoms with Crippen molar-refractivity contribution in [3.63, 3.8) is 0 Å². The highest BCUT2D eigenvalue weighted by Crippen LogP contribution is 2.34. The van der Waals surface area contributed by atoms with Gasteiger partial charge in [0.05, 0.1) is 5.69 Å². The average Bonchev–Trinajstić information content (AvgIpc) is 3.40. The molecule has 0 radical (unpaired) electrons. The molecule has 0 saturated carbocycles. The molecule has 2 rings (SSSR count). The minimum absolute atomic E-state index is 0.894. The number of hydrogen-bond donors (Lipinski definition) is 0. The maximum absolute atomic E-state index is 4.10. The van der Waals surface area contributed by atoms with Gasteiger partial charge in [0.15, 0.2) is 0 Å². The molecule has 2 aromatic rings. The van der Waals surface area contributed by atoms with Crippen molar-refractivity contribution in [2.75, 3.05) is 0 Å². The van der Waals surface area contributed by atoms with Gasteiger partial charge < -0.3 is 9.13 Å². The fourth-order valence-electron chi connectivity index (χ4n) is 4.27. The molecule has 0 aliphatic carbocycles. The van der Waals surface area contributed by atoms with Crippen LogP contribution < -0.4 is 0 Å². The molecule has 222 valence electrons. The molecule has 0 aliphatic heterocycles. The number of nitrogens with zero attached hydrogens (tertiary/aromatic N) is 2. The lowest BCUT2D eigenvalue weighted by atomic mass is 10.1. The summed E-state index contributed by atoms with van der Waals surface area (Å²) in [5.74, 6) is 0. The molecule has 0 atom stereocenters. The normalized spacial score (nSPS) is 10.6. The van der Waals surface area contributed by atoms with Gasteiger partial charge in [-0.3, -0.25) is 0 Å². The van der Waals surface area contributed by atoms with Crippen LogP contribution in [0.25, 0.3) is 42.2 Å². The molecular formula is C38H60N2. The Labute approximate surface area is 249 Å². The van der Waals surface area contributed by atoms with E-state index < -0.39 is 0 Å². The van der Waals surface area contributed by atoms with E-state index in [0.717, 1.165) is 24.2 Å². The van der Waals surface area contributed by atoms with E-state index in [1.54, 1.807) is 0 Å². The third kappa shape index (κ3) is 10.2. The number of allylic oxidation sites excluding steroid dienone is 5. The maximum atomic E-state index is 4.10. The largest absolute Gasteiger partial charge is 0.344 e. The first-order valence-electron chi connectivity index (χ1n) is 14.9. The van der Waals surface area contributed by atoms with Crippen LogP contribution in [0.3, 0.4) is 0 Å². The summed E-state index contributed by atoms with van der Waals surface area (Å²) in [5.41, 5.74) is 10.8. The van der Waals surface area contributed by atoms with E-state index in [0.29, 0.717) is 0 Å². The highest BCUT2D eigenvalue weighted by molar-refractivity contribution is 5.84. The van der Waals surface area contributed by atoms with E-state index >= 15 is 0 Å². The van der Waals surface area contributed by atoms with Gasteiger partial charge in [0.1, 0.15) is 0 Å². The summed E-state index contributed by atoms with van der Waals surface area (Å²) in [7, 11) is 2.09. The summed E-state index contributed by atoms with van der Waals surface area (Å²) < 4.78 is 4.58. The molecule has 0 amide bonds. The lowest BCUT2D eigenvalue weighted by Crippen LogP contribution is -2.02. The van der Waals surface area contributed by atoms with E-state index in [1.807, 2.05) is 65.8 Å². The molecule has 0 fully saturated rings. The van der Waals surface area contributed by atoms with Crippen molar-refractivity contribution in [1.29, 1.82) is 0 Å². The molecular weight excluding hydrogens is 484 g/mol. The van der Waals surface area contributed by atoms with Gasteiger partial charge in [-0.2, -0.15) is 0 Å². The Morgan fingerprint density at radius 1 is 0.725 bits per heavy atom. The molecule has 0 aliphatic rings. The van der Waals surface area contributed by atoms with E-state index in [-0.39, 0.29) is 0 Å². The topological polar surface area (TPSA) is 9.86 Å². The Bertz CT molecular complexity index is 1140. The third-order valence-electron chi connectivity index (χ3n) is 5.92. The van der Waals surface area contributed by atoms with Crippen molar-refractivity contribution in [2.24, 2.45) is 7.05 Å². The molecule has 2 aromatic heterocycles. The van der Waals surface area contributed by atoms with Crippen molar-refractivity contribution in [3.05, 3.63) is 102 Å². The predicted molar refractivity (Wildman–Crippen MR) is 193 cm³/mol. The zero-order valence-corrected chi connectivity index (χ0v) is 28.1. The van der Waals surface area contributed by atoms with Gasteiger partial charge in [-0.15, -0.1) is 13.2 Å². The summed E-state index contributed by atoms with van der Waals surface area (Å²) in [5, 5.41) is 0. The SMILES string of the molecule is C=C.C=C/C=C\c1c(C)c(/C=C(\CC)n2c(/C=C\CC)c(C)c(C=C)c2/C=C\C)c(C=C)n1C.CC.CC.CC.